The first kappa shape index (κ1) is 17.1. The summed E-state index contributed by atoms with van der Waals surface area (Å²) in [6.07, 6.45) is 5.85. The van der Waals surface area contributed by atoms with Gasteiger partial charge in [-0.05, 0) is 30.2 Å². The smallest absolute Gasteiger partial charge is 0.417 e. The van der Waals surface area contributed by atoms with Gasteiger partial charge in [0.15, 0.2) is 5.76 Å². The summed E-state index contributed by atoms with van der Waals surface area (Å²) in [7, 11) is 1.61. The lowest BCUT2D eigenvalue weighted by Gasteiger charge is -2.09. The highest BCUT2D eigenvalue weighted by molar-refractivity contribution is 5.85. The van der Waals surface area contributed by atoms with Crippen molar-refractivity contribution in [2.45, 2.75) is 12.8 Å². The van der Waals surface area contributed by atoms with Crippen LogP contribution in [0.15, 0.2) is 45.3 Å². The van der Waals surface area contributed by atoms with Gasteiger partial charge < -0.3 is 19.4 Å². The molecule has 0 radical (unpaired) electrons. The molecule has 1 aromatic carbocycles. The van der Waals surface area contributed by atoms with Crippen molar-refractivity contribution in [1.29, 1.82) is 0 Å². The Morgan fingerprint density at radius 2 is 2.00 bits per heavy atom. The summed E-state index contributed by atoms with van der Waals surface area (Å²) < 4.78 is 9.91. The van der Waals surface area contributed by atoms with Gasteiger partial charge in [0.1, 0.15) is 5.75 Å². The summed E-state index contributed by atoms with van der Waals surface area (Å²) in [6.45, 7) is 0. The molecule has 1 aliphatic carbocycles. The maximum Gasteiger partial charge on any atom is 0.417 e. The Morgan fingerprint density at radius 1 is 1.29 bits per heavy atom. The Kier molecular flexibility index (Phi) is 5.62. The SMILES string of the molecule is COC1=Cc2oc(=O)[nH]c2CC1.O=C(O)C=Cc1ccc(O)cc1. The number of carboxylic acids is 1. The van der Waals surface area contributed by atoms with Crippen molar-refractivity contribution in [2.24, 2.45) is 0 Å². The number of hydrogen-bond donors (Lipinski definition) is 3. The number of hydrogen-bond acceptors (Lipinski definition) is 5. The quantitative estimate of drug-likeness (QED) is 0.744. The fourth-order valence-corrected chi connectivity index (χ4v) is 2.05. The third kappa shape index (κ3) is 4.91. The standard InChI is InChI=1S/C9H8O3.C8H9NO3/c10-8-4-1-7(2-5-8)3-6-9(11)12;1-11-5-2-3-6-7(4-5)12-8(10)9-6/h1-6,10H,(H,11,12);4H,2-3H2,1H3,(H,9,10). The molecule has 0 spiro atoms. The highest BCUT2D eigenvalue weighted by Gasteiger charge is 2.14. The Morgan fingerprint density at radius 3 is 2.62 bits per heavy atom. The number of oxazole rings is 1. The molecule has 0 amide bonds. The second-order valence-electron chi connectivity index (χ2n) is 4.94. The van der Waals surface area contributed by atoms with Crippen molar-refractivity contribution in [3.63, 3.8) is 0 Å². The van der Waals surface area contributed by atoms with Crippen LogP contribution in [0, 0.1) is 0 Å². The number of fused-ring (bicyclic) bond motifs is 1. The maximum absolute atomic E-state index is 10.8. The first-order chi connectivity index (χ1) is 11.5. The summed E-state index contributed by atoms with van der Waals surface area (Å²) in [6, 6.07) is 6.27. The van der Waals surface area contributed by atoms with Crippen molar-refractivity contribution in [3.8, 4) is 5.75 Å². The molecule has 1 aromatic heterocycles. The third-order valence-corrected chi connectivity index (χ3v) is 3.24. The van der Waals surface area contributed by atoms with Gasteiger partial charge in [-0.3, -0.25) is 4.98 Å². The van der Waals surface area contributed by atoms with Crippen LogP contribution in [0.4, 0.5) is 0 Å². The molecule has 2 aromatic rings. The van der Waals surface area contributed by atoms with Gasteiger partial charge in [-0.25, -0.2) is 9.59 Å². The van der Waals surface area contributed by atoms with Crippen molar-refractivity contribution in [1.82, 2.24) is 4.98 Å². The number of aliphatic carboxylic acids is 1. The van der Waals surface area contributed by atoms with Gasteiger partial charge in [0.25, 0.3) is 0 Å². The summed E-state index contributed by atoms with van der Waals surface area (Å²) in [5, 5.41) is 17.2. The largest absolute Gasteiger partial charge is 0.508 e. The number of H-pyrrole nitrogens is 1. The Labute approximate surface area is 137 Å². The monoisotopic (exact) mass is 331 g/mol. The highest BCUT2D eigenvalue weighted by Crippen LogP contribution is 2.21. The zero-order valence-corrected chi connectivity index (χ0v) is 13.0. The molecular weight excluding hydrogens is 314 g/mol. The normalized spacial score (nSPS) is 12.8. The predicted molar refractivity (Wildman–Crippen MR) is 87.4 cm³/mol. The predicted octanol–water partition coefficient (Wildman–Crippen LogP) is 2.39. The molecule has 0 unspecified atom stereocenters. The zero-order valence-electron chi connectivity index (χ0n) is 13.0. The molecule has 3 N–H and O–H groups in total. The van der Waals surface area contributed by atoms with Crippen LogP contribution >= 0.6 is 0 Å². The summed E-state index contributed by atoms with van der Waals surface area (Å²) in [4.78, 5) is 23.5. The van der Waals surface area contributed by atoms with Crippen LogP contribution in [0.2, 0.25) is 0 Å². The molecule has 1 aliphatic rings. The summed E-state index contributed by atoms with van der Waals surface area (Å²) >= 11 is 0. The average molecular weight is 331 g/mol. The van der Waals surface area contributed by atoms with Crippen LogP contribution in [0.5, 0.6) is 5.75 Å². The number of phenolic OH excluding ortho intramolecular Hbond substituents is 1. The lowest BCUT2D eigenvalue weighted by molar-refractivity contribution is -0.131. The average Bonchev–Trinajstić information content (AvgIpc) is 2.94. The number of aromatic hydroxyl groups is 1. The molecule has 24 heavy (non-hydrogen) atoms. The molecule has 126 valence electrons. The van der Waals surface area contributed by atoms with E-state index in [4.69, 9.17) is 19.4 Å². The molecule has 0 fully saturated rings. The number of aromatic amines is 1. The number of rotatable bonds is 3. The lowest BCUT2D eigenvalue weighted by Crippen LogP contribution is -2.00. The number of nitrogens with one attached hydrogen (secondary N) is 1. The van der Waals surface area contributed by atoms with E-state index in [2.05, 4.69) is 4.98 Å². The number of ether oxygens (including phenoxy) is 1. The number of carbonyl (C=O) groups is 1. The lowest BCUT2D eigenvalue weighted by atomic mass is 10.1. The number of methoxy groups -OCH3 is 1. The number of benzene rings is 1. The fraction of sp³-hybridized carbons (Fsp3) is 0.176. The molecule has 0 saturated carbocycles. The number of allylic oxidation sites excluding steroid dienone is 1. The zero-order chi connectivity index (χ0) is 17.5. The van der Waals surface area contributed by atoms with E-state index in [1.807, 2.05) is 0 Å². The number of carboxylic acid groups (broad SMARTS) is 1. The van der Waals surface area contributed by atoms with E-state index in [0.29, 0.717) is 5.76 Å². The van der Waals surface area contributed by atoms with Gasteiger partial charge in [0.2, 0.25) is 0 Å². The van der Waals surface area contributed by atoms with Gasteiger partial charge in [-0.1, -0.05) is 12.1 Å². The first-order valence-corrected chi connectivity index (χ1v) is 7.14. The minimum Gasteiger partial charge on any atom is -0.508 e. The second-order valence-corrected chi connectivity index (χ2v) is 4.94. The number of phenols is 1. The van der Waals surface area contributed by atoms with Crippen LogP contribution in [-0.4, -0.2) is 28.3 Å². The summed E-state index contributed by atoms with van der Waals surface area (Å²) in [5.41, 5.74) is 1.61. The first-order valence-electron chi connectivity index (χ1n) is 7.14. The van der Waals surface area contributed by atoms with E-state index in [0.717, 1.165) is 35.9 Å². The van der Waals surface area contributed by atoms with Crippen molar-refractivity contribution in [3.05, 3.63) is 63.7 Å². The van der Waals surface area contributed by atoms with Gasteiger partial charge >= 0.3 is 11.7 Å². The highest BCUT2D eigenvalue weighted by atomic mass is 16.5. The van der Waals surface area contributed by atoms with Crippen LogP contribution in [0.1, 0.15) is 23.4 Å². The van der Waals surface area contributed by atoms with Crippen LogP contribution in [0.3, 0.4) is 0 Å². The van der Waals surface area contributed by atoms with Crippen molar-refractivity contribution >= 4 is 18.1 Å². The number of aromatic nitrogens is 1. The second kappa shape index (κ2) is 7.87. The molecule has 0 aliphatic heterocycles. The van der Waals surface area contributed by atoms with Gasteiger partial charge in [0.05, 0.1) is 18.6 Å². The number of aryl methyl sites for hydroxylation is 1. The molecule has 0 saturated heterocycles. The molecule has 0 bridgehead atoms. The molecule has 3 rings (SSSR count). The van der Waals surface area contributed by atoms with E-state index < -0.39 is 11.7 Å². The van der Waals surface area contributed by atoms with Crippen LogP contribution in [-0.2, 0) is 16.0 Å². The Bertz CT molecular complexity index is 810. The van der Waals surface area contributed by atoms with E-state index in [9.17, 15) is 9.59 Å². The van der Waals surface area contributed by atoms with Crippen LogP contribution < -0.4 is 5.76 Å². The topological polar surface area (TPSA) is 113 Å². The minimum atomic E-state index is -0.983. The van der Waals surface area contributed by atoms with E-state index in [1.54, 1.807) is 25.3 Å². The fourth-order valence-electron chi connectivity index (χ4n) is 2.05. The molecule has 1 heterocycles. The van der Waals surface area contributed by atoms with Crippen molar-refractivity contribution in [2.75, 3.05) is 7.11 Å². The van der Waals surface area contributed by atoms with E-state index in [-0.39, 0.29) is 5.75 Å². The molecule has 7 heteroatoms. The molecule has 0 atom stereocenters. The van der Waals surface area contributed by atoms with E-state index >= 15 is 0 Å². The summed E-state index contributed by atoms with van der Waals surface area (Å²) in [5.74, 6) is 0.243. The van der Waals surface area contributed by atoms with Crippen LogP contribution in [0.25, 0.3) is 12.2 Å². The third-order valence-electron chi connectivity index (χ3n) is 3.24. The van der Waals surface area contributed by atoms with Gasteiger partial charge in [-0.15, -0.1) is 0 Å². The maximum atomic E-state index is 10.8. The molecule has 7 nitrogen and oxygen atoms in total. The van der Waals surface area contributed by atoms with Crippen molar-refractivity contribution < 1.29 is 24.2 Å². The Balaban J connectivity index is 0.000000174. The van der Waals surface area contributed by atoms with Gasteiger partial charge in [0, 0.05) is 18.6 Å². The van der Waals surface area contributed by atoms with E-state index in [1.165, 1.54) is 18.2 Å². The molecular formula is C17H17NO6. The van der Waals surface area contributed by atoms with Gasteiger partial charge in [-0.2, -0.15) is 0 Å². The Hall–Kier alpha value is -3.22. The minimum absolute atomic E-state index is 0.169.